The van der Waals surface area contributed by atoms with Gasteiger partial charge in [-0.3, -0.25) is 0 Å². The van der Waals surface area contributed by atoms with Gasteiger partial charge in [0.2, 0.25) is 0 Å². The third kappa shape index (κ3) is 3.38. The molecule has 17 heavy (non-hydrogen) atoms. The normalized spacial score (nSPS) is 27.9. The van der Waals surface area contributed by atoms with Crippen LogP contribution in [0.25, 0.3) is 0 Å². The van der Waals surface area contributed by atoms with Crippen LogP contribution in [0.15, 0.2) is 0 Å². The summed E-state index contributed by atoms with van der Waals surface area (Å²) in [6.07, 6.45) is -0.332. The first-order valence-electron chi connectivity index (χ1n) is 5.87. The first kappa shape index (κ1) is 14.8. The zero-order valence-electron chi connectivity index (χ0n) is 11.0. The summed E-state index contributed by atoms with van der Waals surface area (Å²) in [6.45, 7) is 6.61. The first-order chi connectivity index (χ1) is 7.78. The highest BCUT2D eigenvalue weighted by atomic mass is 32.2. The number of nitrogens with zero attached hydrogens (tertiary/aromatic N) is 2. The predicted octanol–water partition coefficient (Wildman–Crippen LogP) is -0.381. The van der Waals surface area contributed by atoms with Crippen LogP contribution in [0.1, 0.15) is 20.8 Å². The van der Waals surface area contributed by atoms with Crippen molar-refractivity contribution in [2.24, 2.45) is 5.73 Å². The van der Waals surface area contributed by atoms with Gasteiger partial charge in [-0.15, -0.1) is 0 Å². The number of morpholine rings is 1. The Morgan fingerprint density at radius 2 is 2.06 bits per heavy atom. The fourth-order valence-electron chi connectivity index (χ4n) is 1.77. The summed E-state index contributed by atoms with van der Waals surface area (Å²) in [5, 5.41) is 0. The van der Waals surface area contributed by atoms with E-state index in [4.69, 9.17) is 10.5 Å². The van der Waals surface area contributed by atoms with Crippen molar-refractivity contribution < 1.29 is 13.2 Å². The van der Waals surface area contributed by atoms with Crippen molar-refractivity contribution in [1.82, 2.24) is 8.61 Å². The van der Waals surface area contributed by atoms with Crippen molar-refractivity contribution in [1.29, 1.82) is 0 Å². The van der Waals surface area contributed by atoms with Gasteiger partial charge in [-0.25, -0.2) is 0 Å². The van der Waals surface area contributed by atoms with Gasteiger partial charge >= 0.3 is 0 Å². The van der Waals surface area contributed by atoms with Crippen LogP contribution in [0.2, 0.25) is 0 Å². The molecule has 0 aliphatic carbocycles. The second-order valence-electron chi connectivity index (χ2n) is 4.74. The van der Waals surface area contributed by atoms with Gasteiger partial charge in [-0.1, -0.05) is 0 Å². The van der Waals surface area contributed by atoms with Crippen molar-refractivity contribution in [2.75, 3.05) is 26.7 Å². The van der Waals surface area contributed by atoms with Crippen molar-refractivity contribution in [3.63, 3.8) is 0 Å². The molecule has 2 unspecified atom stereocenters. The van der Waals surface area contributed by atoms with Gasteiger partial charge in [0.25, 0.3) is 10.2 Å². The van der Waals surface area contributed by atoms with Gasteiger partial charge in [0, 0.05) is 32.7 Å². The average molecular weight is 265 g/mol. The Morgan fingerprint density at radius 3 is 2.53 bits per heavy atom. The summed E-state index contributed by atoms with van der Waals surface area (Å²) in [4.78, 5) is 0. The van der Waals surface area contributed by atoms with Crippen LogP contribution in [0, 0.1) is 0 Å². The van der Waals surface area contributed by atoms with Gasteiger partial charge in [0.05, 0.1) is 12.2 Å². The first-order valence-corrected chi connectivity index (χ1v) is 7.27. The minimum atomic E-state index is -3.41. The highest BCUT2D eigenvalue weighted by Gasteiger charge is 2.35. The number of nitrogens with two attached hydrogens (primary N) is 1. The van der Waals surface area contributed by atoms with Crippen molar-refractivity contribution in [3.05, 3.63) is 0 Å². The van der Waals surface area contributed by atoms with E-state index >= 15 is 0 Å². The lowest BCUT2D eigenvalue weighted by molar-refractivity contribution is -0.0499. The van der Waals surface area contributed by atoms with E-state index in [1.165, 1.54) is 8.61 Å². The van der Waals surface area contributed by atoms with Crippen molar-refractivity contribution >= 4 is 10.2 Å². The zero-order valence-corrected chi connectivity index (χ0v) is 11.8. The van der Waals surface area contributed by atoms with E-state index < -0.39 is 10.2 Å². The van der Waals surface area contributed by atoms with Crippen LogP contribution in [-0.4, -0.2) is 62.0 Å². The molecule has 1 fully saturated rings. The quantitative estimate of drug-likeness (QED) is 0.752. The molecule has 1 rings (SSSR count). The smallest absolute Gasteiger partial charge is 0.282 e. The number of hydrogen-bond acceptors (Lipinski definition) is 4. The Morgan fingerprint density at radius 1 is 1.47 bits per heavy atom. The molecule has 0 aromatic rings. The molecule has 1 aliphatic heterocycles. The van der Waals surface area contributed by atoms with Crippen molar-refractivity contribution in [3.8, 4) is 0 Å². The Hall–Kier alpha value is -0.210. The van der Waals surface area contributed by atoms with Gasteiger partial charge in [-0.2, -0.15) is 17.0 Å². The zero-order chi connectivity index (χ0) is 13.2. The lowest BCUT2D eigenvalue weighted by atomic mass is 10.2. The second-order valence-corrected chi connectivity index (χ2v) is 6.73. The highest BCUT2D eigenvalue weighted by Crippen LogP contribution is 2.17. The minimum absolute atomic E-state index is 0.0607. The van der Waals surface area contributed by atoms with Crippen LogP contribution in [0.4, 0.5) is 0 Å². The van der Waals surface area contributed by atoms with E-state index in [2.05, 4.69) is 0 Å². The fraction of sp³-hybridized carbons (Fsp3) is 1.00. The minimum Gasteiger partial charge on any atom is -0.371 e. The maximum Gasteiger partial charge on any atom is 0.282 e. The van der Waals surface area contributed by atoms with Gasteiger partial charge in [0.15, 0.2) is 0 Å². The van der Waals surface area contributed by atoms with E-state index in [0.29, 0.717) is 19.6 Å². The van der Waals surface area contributed by atoms with Crippen LogP contribution in [-0.2, 0) is 14.9 Å². The molecule has 1 heterocycles. The van der Waals surface area contributed by atoms with Crippen LogP contribution in [0.3, 0.4) is 0 Å². The molecular weight excluding hydrogens is 242 g/mol. The topological polar surface area (TPSA) is 75.9 Å². The molecule has 0 bridgehead atoms. The standard InChI is InChI=1S/C10H23N3O3S/c1-8(2)12(4)17(14,15)13-6-9(3)16-10(5-11)7-13/h8-10H,5-7,11H2,1-4H3. The molecule has 0 aromatic carbocycles. The SMILES string of the molecule is CC1CN(S(=O)(=O)N(C)C(C)C)CC(CN)O1. The lowest BCUT2D eigenvalue weighted by Crippen LogP contribution is -2.55. The molecule has 7 heteroatoms. The Bertz CT molecular complexity index is 345. The largest absolute Gasteiger partial charge is 0.371 e. The third-order valence-electron chi connectivity index (χ3n) is 2.97. The van der Waals surface area contributed by atoms with Gasteiger partial charge < -0.3 is 10.5 Å². The van der Waals surface area contributed by atoms with Crippen LogP contribution < -0.4 is 5.73 Å². The summed E-state index contributed by atoms with van der Waals surface area (Å²) in [5.41, 5.74) is 5.55. The Kier molecular flexibility index (Phi) is 4.91. The lowest BCUT2D eigenvalue weighted by Gasteiger charge is -2.38. The van der Waals surface area contributed by atoms with Crippen molar-refractivity contribution in [2.45, 2.75) is 39.0 Å². The fourth-order valence-corrected chi connectivity index (χ4v) is 3.42. The number of rotatable bonds is 4. The Balaban J connectivity index is 2.84. The monoisotopic (exact) mass is 265 g/mol. The van der Waals surface area contributed by atoms with E-state index in [1.54, 1.807) is 7.05 Å². The molecule has 0 amide bonds. The molecule has 0 saturated carbocycles. The van der Waals surface area contributed by atoms with E-state index in [-0.39, 0.29) is 18.2 Å². The molecule has 6 nitrogen and oxygen atoms in total. The predicted molar refractivity (Wildman–Crippen MR) is 66.8 cm³/mol. The maximum atomic E-state index is 12.3. The van der Waals surface area contributed by atoms with Crippen LogP contribution in [0.5, 0.6) is 0 Å². The molecule has 0 aromatic heterocycles. The van der Waals surface area contributed by atoms with Gasteiger partial charge in [0.1, 0.15) is 0 Å². The molecule has 1 saturated heterocycles. The number of hydrogen-bond donors (Lipinski definition) is 1. The summed E-state index contributed by atoms with van der Waals surface area (Å²) < 4.78 is 33.0. The van der Waals surface area contributed by atoms with E-state index in [9.17, 15) is 8.42 Å². The molecule has 0 spiro atoms. The van der Waals surface area contributed by atoms with Crippen LogP contribution >= 0.6 is 0 Å². The number of ether oxygens (including phenoxy) is 1. The van der Waals surface area contributed by atoms with Gasteiger partial charge in [-0.05, 0) is 20.8 Å². The summed E-state index contributed by atoms with van der Waals surface area (Å²) in [5.74, 6) is 0. The summed E-state index contributed by atoms with van der Waals surface area (Å²) >= 11 is 0. The maximum absolute atomic E-state index is 12.3. The summed E-state index contributed by atoms with van der Waals surface area (Å²) in [7, 11) is -1.81. The molecule has 0 radical (unpaired) electrons. The second kappa shape index (κ2) is 5.62. The van der Waals surface area contributed by atoms with E-state index in [0.717, 1.165) is 0 Å². The Labute approximate surface area is 104 Å². The molecule has 1 aliphatic rings. The highest BCUT2D eigenvalue weighted by molar-refractivity contribution is 7.86. The average Bonchev–Trinajstić information content (AvgIpc) is 2.26. The van der Waals surface area contributed by atoms with E-state index in [1.807, 2.05) is 20.8 Å². The molecular formula is C10H23N3O3S. The molecule has 2 N–H and O–H groups in total. The molecule has 2 atom stereocenters. The molecule has 102 valence electrons. The summed E-state index contributed by atoms with van der Waals surface area (Å²) in [6, 6.07) is -0.0607. The third-order valence-corrected chi connectivity index (χ3v) is 5.07.